The number of aliphatic hydroxyl groups excluding tert-OH is 3. The summed E-state index contributed by atoms with van der Waals surface area (Å²) in [4.78, 5) is 94.2. The Hall–Kier alpha value is -6.18. The van der Waals surface area contributed by atoms with Gasteiger partial charge in [0.25, 0.3) is 0 Å². The smallest absolute Gasteiger partial charge is 0.318 e. The van der Waals surface area contributed by atoms with Crippen molar-refractivity contribution in [2.24, 2.45) is 40.6 Å². The van der Waals surface area contributed by atoms with E-state index in [0.717, 1.165) is 78.6 Å². The van der Waals surface area contributed by atoms with Gasteiger partial charge in [0.05, 0.1) is 24.3 Å². The summed E-state index contributed by atoms with van der Waals surface area (Å²) in [6.07, 6.45) is 29.9. The van der Waals surface area contributed by atoms with Gasteiger partial charge in [-0.05, 0) is 272 Å². The molecule has 1 saturated heterocycles. The molecule has 1 fully saturated rings. The van der Waals surface area contributed by atoms with Crippen molar-refractivity contribution in [2.75, 3.05) is 13.2 Å². The van der Waals surface area contributed by atoms with Crippen molar-refractivity contribution in [1.82, 2.24) is 15.5 Å². The number of imide groups is 1. The summed E-state index contributed by atoms with van der Waals surface area (Å²) >= 11 is 0. The molecule has 1 aliphatic rings. The molecule has 5 unspecified atom stereocenters. The highest BCUT2D eigenvalue weighted by molar-refractivity contribution is 6.06. The lowest BCUT2D eigenvalue weighted by atomic mass is 9.55. The Morgan fingerprint density at radius 2 is 0.924 bits per heavy atom. The first-order chi connectivity index (χ1) is 49.0. The van der Waals surface area contributed by atoms with Gasteiger partial charge in [-0.1, -0.05) is 154 Å². The minimum absolute atomic E-state index is 0.00427. The van der Waals surface area contributed by atoms with E-state index in [1.807, 2.05) is 65.8 Å². The van der Waals surface area contributed by atoms with E-state index in [0.29, 0.717) is 51.4 Å². The number of aliphatic hydroxyl groups is 3. The lowest BCUT2D eigenvalue weighted by Crippen LogP contribution is -2.68. The minimum atomic E-state index is -2.64. The van der Waals surface area contributed by atoms with Crippen LogP contribution in [0.5, 0.6) is 0 Å². The zero-order valence-corrected chi connectivity index (χ0v) is 69.4. The van der Waals surface area contributed by atoms with E-state index < -0.39 is 126 Å². The van der Waals surface area contributed by atoms with Gasteiger partial charge in [-0.15, -0.1) is 0 Å². The number of ketones is 1. The molecular formula is C88H145N5O12. The second-order valence-electron chi connectivity index (χ2n) is 32.4. The number of hydrogen-bond donors (Lipinski definition) is 8. The second-order valence-corrected chi connectivity index (χ2v) is 32.4. The molecule has 0 aromatic carbocycles. The highest BCUT2D eigenvalue weighted by Gasteiger charge is 2.62. The Morgan fingerprint density at radius 1 is 0.543 bits per heavy atom. The van der Waals surface area contributed by atoms with Gasteiger partial charge in [-0.2, -0.15) is 0 Å². The third-order valence-corrected chi connectivity index (χ3v) is 19.6. The number of allylic oxidation sites excluding steroid dienone is 24. The van der Waals surface area contributed by atoms with Gasteiger partial charge in [0.2, 0.25) is 23.6 Å². The van der Waals surface area contributed by atoms with Crippen LogP contribution in [0.25, 0.3) is 0 Å². The van der Waals surface area contributed by atoms with Gasteiger partial charge in [0.15, 0.2) is 6.29 Å². The van der Waals surface area contributed by atoms with Crippen LogP contribution >= 0.6 is 0 Å². The van der Waals surface area contributed by atoms with Gasteiger partial charge in [-0.3, -0.25) is 34.1 Å². The summed E-state index contributed by atoms with van der Waals surface area (Å²) in [6, 6.07) is -4.76. The molecule has 105 heavy (non-hydrogen) atoms. The predicted octanol–water partition coefficient (Wildman–Crippen LogP) is 17.3. The highest BCUT2D eigenvalue weighted by Crippen LogP contribution is 2.50. The fraction of sp³-hybridized carbons (Fsp3) is 0.659. The average molecular weight is 1470 g/mol. The number of nitrogens with zero attached hydrogens (tertiary/aromatic N) is 1. The predicted molar refractivity (Wildman–Crippen MR) is 432 cm³/mol. The second kappa shape index (κ2) is 49.7. The Balaban J connectivity index is 5.39. The average Bonchev–Trinajstić information content (AvgIpc) is 0.731. The molecule has 0 saturated carbocycles. The third-order valence-electron chi connectivity index (χ3n) is 19.6. The molecule has 1 rings (SSSR count). The maximum Gasteiger partial charge on any atom is 0.318 e. The molecule has 1 heterocycles. The number of hydrogen-bond acceptors (Lipinski definition) is 13. The molecule has 0 bridgehead atoms. The summed E-state index contributed by atoms with van der Waals surface area (Å²) < 4.78 is 12.2. The largest absolute Gasteiger partial charge is 0.480 e. The van der Waals surface area contributed by atoms with Gasteiger partial charge in [-0.25, -0.2) is 0 Å². The fourth-order valence-electron chi connectivity index (χ4n) is 13.7. The van der Waals surface area contributed by atoms with E-state index in [9.17, 15) is 30.0 Å². The van der Waals surface area contributed by atoms with Crippen molar-refractivity contribution in [1.29, 1.82) is 0 Å². The zero-order valence-electron chi connectivity index (χ0n) is 69.4. The fourth-order valence-corrected chi connectivity index (χ4v) is 13.7. The van der Waals surface area contributed by atoms with Crippen molar-refractivity contribution in [3.8, 4) is 0 Å². The molecule has 0 radical (unpaired) electrons. The standard InChI is InChI=1S/C88H145N5O12/c1-57(2)32-24-36-62(11)40-28-44-66(15)48-50-73(53-68(17)46-30-42-64(13)38-26-34-59(5)6)77(88(71(20)95,86(102)103)74(54-69(18)47-31-43-65(14)39-27-35-60(7)8)51-49-67(16)45-29-41-63(12)37-25-33-58(3)4)79(83(99)92-82(98)75(89)52-61(9)10)93(85(101)87(22,23)90)55-70(19)104-81-78(91-72(21)96)84(100)105-76(56-94)80(81)97/h32-35,40-43,48-49,53-54,61,70,73-81,84,94,97,100H,24-31,36-39,44-47,50-52,55-56,89-90H2,1-23H3,(H,91,96)(H,102,103)(H,92,98,99)/t70?,73?,74?,75-,76+,77?,78+,79+,80+,81+,84-,88?/m0/s1. The Kier molecular flexibility index (Phi) is 45.8. The number of nitrogens with one attached hydrogen (secondary N) is 2. The SMILES string of the molecule is CC(=O)N[C@@H]1[C@@H](OC(C)CN(C(=O)C(C)(C)N)[C@@H](C(=O)NC(=O)[C@@H](N)CC(C)C)C(C(C=C(C)CCC=C(C)CCC=C(C)C)CC=C(C)CCC=C(C)CCC=C(C)C)C(C(C)=O)(C(=O)O)C(C=C(C)CCC=C(C)CCC=C(C)C)CC=C(C)CCC=C(C)CCC=C(C)C)[C@H](O)[C@@H](CO)O[C@@H]1O. The van der Waals surface area contributed by atoms with E-state index in [1.54, 1.807) is 0 Å². The summed E-state index contributed by atoms with van der Waals surface area (Å²) in [5.74, 6) is -10.1. The minimum Gasteiger partial charge on any atom is -0.480 e. The van der Waals surface area contributed by atoms with E-state index in [-0.39, 0.29) is 25.2 Å². The van der Waals surface area contributed by atoms with Crippen LogP contribution in [0.4, 0.5) is 0 Å². The van der Waals surface area contributed by atoms with Crippen molar-refractivity contribution in [3.05, 3.63) is 140 Å². The maximum atomic E-state index is 16.8. The number of rotatable bonds is 48. The van der Waals surface area contributed by atoms with Crippen LogP contribution in [-0.2, 0) is 38.2 Å². The summed E-state index contributed by atoms with van der Waals surface area (Å²) in [5, 5.41) is 51.9. The quantitative estimate of drug-likeness (QED) is 0.0208. The zero-order chi connectivity index (χ0) is 80.1. The molecule has 0 aromatic rings. The number of carbonyl (C=O) groups is 6. The van der Waals surface area contributed by atoms with Crippen LogP contribution in [0.3, 0.4) is 0 Å². The topological polar surface area (TPSA) is 281 Å². The van der Waals surface area contributed by atoms with Gasteiger partial charge in [0, 0.05) is 25.3 Å². The number of carboxylic acid groups (broad SMARTS) is 1. The van der Waals surface area contributed by atoms with E-state index in [4.69, 9.17) is 20.9 Å². The number of carboxylic acids is 1. The molecule has 10 N–H and O–H groups in total. The number of nitrogens with two attached hydrogens (primary N) is 2. The lowest BCUT2D eigenvalue weighted by molar-refractivity contribution is -0.268. The molecule has 12 atom stereocenters. The molecule has 17 heteroatoms. The summed E-state index contributed by atoms with van der Waals surface area (Å²) in [6.45, 7) is 42.2. The lowest BCUT2D eigenvalue weighted by Gasteiger charge is -2.50. The van der Waals surface area contributed by atoms with E-state index >= 15 is 19.2 Å². The molecule has 0 aromatic heterocycles. The van der Waals surface area contributed by atoms with Crippen LogP contribution in [0.15, 0.2) is 140 Å². The van der Waals surface area contributed by atoms with Gasteiger partial charge < -0.3 is 51.6 Å². The number of amides is 4. The first-order valence-electron chi connectivity index (χ1n) is 38.8. The van der Waals surface area contributed by atoms with Crippen LogP contribution in [0.1, 0.15) is 281 Å². The molecule has 0 aliphatic carbocycles. The first-order valence-corrected chi connectivity index (χ1v) is 38.8. The van der Waals surface area contributed by atoms with Crippen molar-refractivity contribution in [3.63, 3.8) is 0 Å². The number of Topliss-reactive ketones (excluding diaryl/α,β-unsaturated/α-hetero) is 1. The maximum absolute atomic E-state index is 16.8. The molecule has 0 spiro atoms. The third kappa shape index (κ3) is 37.0. The van der Waals surface area contributed by atoms with Crippen molar-refractivity contribution >= 4 is 35.4 Å². The van der Waals surface area contributed by atoms with Gasteiger partial charge in [0.1, 0.15) is 41.6 Å². The van der Waals surface area contributed by atoms with Crippen molar-refractivity contribution in [2.45, 2.75) is 336 Å². The highest BCUT2D eigenvalue weighted by atomic mass is 16.6. The Morgan fingerprint density at radius 3 is 1.29 bits per heavy atom. The normalized spacial score (nSPS) is 19.8. The van der Waals surface area contributed by atoms with Gasteiger partial charge >= 0.3 is 5.97 Å². The van der Waals surface area contributed by atoms with E-state index in [2.05, 4.69) is 142 Å². The van der Waals surface area contributed by atoms with Crippen LogP contribution < -0.4 is 22.1 Å². The first kappa shape index (κ1) is 96.8. The summed E-state index contributed by atoms with van der Waals surface area (Å²) in [7, 11) is 0. The summed E-state index contributed by atoms with van der Waals surface area (Å²) in [5.41, 5.74) is 22.5. The van der Waals surface area contributed by atoms with Crippen LogP contribution in [0.2, 0.25) is 0 Å². The molecular weight excluding hydrogens is 1320 g/mol. The Bertz CT molecular complexity index is 3150. The monoisotopic (exact) mass is 1460 g/mol. The van der Waals surface area contributed by atoms with E-state index in [1.165, 1.54) is 79.2 Å². The van der Waals surface area contributed by atoms with Crippen LogP contribution in [0, 0.1) is 29.1 Å². The molecule has 4 amide bonds. The number of aliphatic carboxylic acids is 1. The number of ether oxygens (including phenoxy) is 2. The number of carbonyl (C=O) groups excluding carboxylic acids is 5. The molecule has 594 valence electrons. The Labute approximate surface area is 635 Å². The molecule has 17 nitrogen and oxygen atoms in total. The van der Waals surface area contributed by atoms with Crippen molar-refractivity contribution < 1.29 is 58.7 Å². The van der Waals surface area contributed by atoms with Crippen LogP contribution in [-0.4, -0.2) is 128 Å². The molecule has 1 aliphatic heterocycles.